The molecule has 30 heavy (non-hydrogen) atoms. The Hall–Kier alpha value is -3.12. The van der Waals surface area contributed by atoms with Gasteiger partial charge in [0.15, 0.2) is 10.1 Å². The predicted molar refractivity (Wildman–Crippen MR) is 117 cm³/mol. The maximum absolute atomic E-state index is 12.6. The van der Waals surface area contributed by atoms with Crippen LogP contribution in [0.25, 0.3) is 0 Å². The van der Waals surface area contributed by atoms with E-state index in [9.17, 15) is 14.4 Å². The van der Waals surface area contributed by atoms with Crippen molar-refractivity contribution >= 4 is 45.5 Å². The minimum atomic E-state index is -0.784. The van der Waals surface area contributed by atoms with Gasteiger partial charge in [-0.1, -0.05) is 36.1 Å². The van der Waals surface area contributed by atoms with Crippen molar-refractivity contribution in [2.24, 2.45) is 0 Å². The molecule has 10 nitrogen and oxygen atoms in total. The number of nitrogens with one attached hydrogen (secondary N) is 2. The molecule has 1 aromatic carbocycles. The fraction of sp³-hybridized carbons (Fsp3) is 0.278. The molecule has 0 aliphatic rings. The van der Waals surface area contributed by atoms with E-state index in [-0.39, 0.29) is 17.1 Å². The van der Waals surface area contributed by atoms with Crippen molar-refractivity contribution in [1.82, 2.24) is 19.7 Å². The first-order chi connectivity index (χ1) is 14.4. The van der Waals surface area contributed by atoms with E-state index in [2.05, 4.69) is 20.5 Å². The standard InChI is InChI=1S/C18H20N6O4S2/c1-3-7-24-14(19)13(15(26)21-17(24)27)12(25)9-29-18-23-22-16(30-18)20-10-5-4-6-11(8-10)28-2/h4-6,8H,3,7,9,19H2,1-2H3,(H,20,22)(H,21,26,27). The van der Waals surface area contributed by atoms with Gasteiger partial charge in [0.2, 0.25) is 5.13 Å². The van der Waals surface area contributed by atoms with Gasteiger partial charge in [0.05, 0.1) is 12.9 Å². The third-order valence-electron chi connectivity index (χ3n) is 4.02. The van der Waals surface area contributed by atoms with Crippen LogP contribution in [0.15, 0.2) is 38.2 Å². The van der Waals surface area contributed by atoms with Crippen LogP contribution in [-0.4, -0.2) is 38.4 Å². The number of aromatic nitrogens is 4. The van der Waals surface area contributed by atoms with Gasteiger partial charge in [-0.3, -0.25) is 19.1 Å². The zero-order valence-corrected chi connectivity index (χ0v) is 17.9. The summed E-state index contributed by atoms with van der Waals surface area (Å²) in [6.45, 7) is 2.17. The lowest BCUT2D eigenvalue weighted by molar-refractivity contribution is 0.102. The molecule has 0 aliphatic carbocycles. The number of anilines is 3. The van der Waals surface area contributed by atoms with E-state index in [1.165, 1.54) is 15.9 Å². The number of hydrogen-bond donors (Lipinski definition) is 3. The second-order valence-electron chi connectivity index (χ2n) is 6.11. The normalized spacial score (nSPS) is 10.7. The van der Waals surface area contributed by atoms with Crippen LogP contribution in [-0.2, 0) is 6.54 Å². The number of methoxy groups -OCH3 is 1. The molecular formula is C18H20N6O4S2. The molecule has 0 amide bonds. The number of ether oxygens (including phenoxy) is 1. The number of H-pyrrole nitrogens is 1. The second-order valence-corrected chi connectivity index (χ2v) is 8.31. The smallest absolute Gasteiger partial charge is 0.329 e. The van der Waals surface area contributed by atoms with Gasteiger partial charge < -0.3 is 15.8 Å². The number of hydrogen-bond acceptors (Lipinski definition) is 10. The van der Waals surface area contributed by atoms with E-state index in [0.717, 1.165) is 17.4 Å². The van der Waals surface area contributed by atoms with Crippen LogP contribution in [0.2, 0.25) is 0 Å². The largest absolute Gasteiger partial charge is 0.497 e. The minimum absolute atomic E-state index is 0.0641. The van der Waals surface area contributed by atoms with Crippen molar-refractivity contribution in [3.63, 3.8) is 0 Å². The van der Waals surface area contributed by atoms with E-state index >= 15 is 0 Å². The Kier molecular flexibility index (Phi) is 6.90. The van der Waals surface area contributed by atoms with Crippen LogP contribution in [0.5, 0.6) is 5.75 Å². The Morgan fingerprint density at radius 1 is 1.37 bits per heavy atom. The van der Waals surface area contributed by atoms with Crippen molar-refractivity contribution in [1.29, 1.82) is 0 Å². The first-order valence-corrected chi connectivity index (χ1v) is 10.8. The number of aromatic amines is 1. The highest BCUT2D eigenvalue weighted by molar-refractivity contribution is 8.01. The zero-order chi connectivity index (χ0) is 21.7. The SMILES string of the molecule is CCCn1c(N)c(C(=O)CSc2nnc(Nc3cccc(OC)c3)s2)c(=O)[nH]c1=O. The number of carbonyl (C=O) groups excluding carboxylic acids is 1. The number of nitrogens with two attached hydrogens (primary N) is 1. The minimum Gasteiger partial charge on any atom is -0.497 e. The Labute approximate surface area is 179 Å². The lowest BCUT2D eigenvalue weighted by Gasteiger charge is -2.10. The van der Waals surface area contributed by atoms with E-state index < -0.39 is 17.0 Å². The third-order valence-corrected chi connectivity index (χ3v) is 5.99. The highest BCUT2D eigenvalue weighted by Gasteiger charge is 2.20. The fourth-order valence-electron chi connectivity index (χ4n) is 2.65. The number of nitrogen functional groups attached to an aromatic ring is 1. The summed E-state index contributed by atoms with van der Waals surface area (Å²) in [6, 6.07) is 7.35. The number of thioether (sulfide) groups is 1. The first kappa shape index (κ1) is 21.6. The van der Waals surface area contributed by atoms with Gasteiger partial charge in [-0.2, -0.15) is 0 Å². The van der Waals surface area contributed by atoms with Crippen molar-refractivity contribution in [2.75, 3.05) is 23.9 Å². The molecule has 3 aromatic rings. The molecule has 4 N–H and O–H groups in total. The van der Waals surface area contributed by atoms with Crippen molar-refractivity contribution in [3.8, 4) is 5.75 Å². The molecule has 2 heterocycles. The van der Waals surface area contributed by atoms with E-state index in [0.29, 0.717) is 28.2 Å². The van der Waals surface area contributed by atoms with Crippen molar-refractivity contribution in [3.05, 3.63) is 50.7 Å². The van der Waals surface area contributed by atoms with Crippen LogP contribution in [0.4, 0.5) is 16.6 Å². The van der Waals surface area contributed by atoms with Gasteiger partial charge in [-0.05, 0) is 18.6 Å². The first-order valence-electron chi connectivity index (χ1n) is 8.96. The molecule has 0 unspecified atom stereocenters. The quantitative estimate of drug-likeness (QED) is 0.331. The van der Waals surface area contributed by atoms with Gasteiger partial charge in [-0.15, -0.1) is 10.2 Å². The van der Waals surface area contributed by atoms with Crippen LogP contribution < -0.4 is 27.0 Å². The number of Topliss-reactive ketones (excluding diaryl/α,β-unsaturated/α-hetero) is 1. The van der Waals surface area contributed by atoms with Crippen LogP contribution >= 0.6 is 23.1 Å². The average molecular weight is 449 g/mol. The number of carbonyl (C=O) groups is 1. The Morgan fingerprint density at radius 2 is 2.17 bits per heavy atom. The van der Waals surface area contributed by atoms with Crippen LogP contribution in [0.1, 0.15) is 23.7 Å². The third kappa shape index (κ3) is 4.89. The summed E-state index contributed by atoms with van der Waals surface area (Å²) < 4.78 is 6.92. The summed E-state index contributed by atoms with van der Waals surface area (Å²) in [7, 11) is 1.59. The van der Waals surface area contributed by atoms with Gasteiger partial charge >= 0.3 is 5.69 Å². The summed E-state index contributed by atoms with van der Waals surface area (Å²) in [5.74, 6) is 0.0395. The zero-order valence-electron chi connectivity index (χ0n) is 16.3. The fourth-order valence-corrected chi connectivity index (χ4v) is 4.29. The topological polar surface area (TPSA) is 145 Å². The molecule has 2 aromatic heterocycles. The number of ketones is 1. The molecule has 0 aliphatic heterocycles. The molecular weight excluding hydrogens is 428 g/mol. The Morgan fingerprint density at radius 3 is 2.90 bits per heavy atom. The van der Waals surface area contributed by atoms with Gasteiger partial charge in [0.25, 0.3) is 5.56 Å². The Balaban J connectivity index is 1.69. The van der Waals surface area contributed by atoms with E-state index in [1.807, 2.05) is 31.2 Å². The molecule has 158 valence electrons. The second kappa shape index (κ2) is 9.59. The maximum atomic E-state index is 12.6. The van der Waals surface area contributed by atoms with E-state index in [4.69, 9.17) is 10.5 Å². The van der Waals surface area contributed by atoms with Crippen molar-refractivity contribution in [2.45, 2.75) is 24.2 Å². The lowest BCUT2D eigenvalue weighted by Crippen LogP contribution is -2.36. The summed E-state index contributed by atoms with van der Waals surface area (Å²) in [5, 5.41) is 11.8. The van der Waals surface area contributed by atoms with Crippen LogP contribution in [0.3, 0.4) is 0 Å². The van der Waals surface area contributed by atoms with Crippen LogP contribution in [0, 0.1) is 0 Å². The molecule has 0 bridgehead atoms. The molecule has 0 fully saturated rings. The summed E-state index contributed by atoms with van der Waals surface area (Å²) >= 11 is 2.40. The average Bonchev–Trinajstić information content (AvgIpc) is 3.16. The lowest BCUT2D eigenvalue weighted by atomic mass is 10.2. The summed E-state index contributed by atoms with van der Waals surface area (Å²) in [5.41, 5.74) is 5.09. The molecule has 0 radical (unpaired) electrons. The highest BCUT2D eigenvalue weighted by Crippen LogP contribution is 2.29. The van der Waals surface area contributed by atoms with E-state index in [1.54, 1.807) is 7.11 Å². The molecule has 3 rings (SSSR count). The van der Waals surface area contributed by atoms with Gasteiger partial charge in [0.1, 0.15) is 17.1 Å². The molecule has 0 saturated heterocycles. The number of benzene rings is 1. The summed E-state index contributed by atoms with van der Waals surface area (Å²) in [4.78, 5) is 38.7. The highest BCUT2D eigenvalue weighted by atomic mass is 32.2. The Bertz CT molecular complexity index is 1170. The molecule has 0 saturated carbocycles. The molecule has 0 atom stereocenters. The molecule has 0 spiro atoms. The van der Waals surface area contributed by atoms with Crippen molar-refractivity contribution < 1.29 is 9.53 Å². The number of nitrogens with zero attached hydrogens (tertiary/aromatic N) is 3. The monoisotopic (exact) mass is 448 g/mol. The summed E-state index contributed by atoms with van der Waals surface area (Å²) in [6.07, 6.45) is 0.631. The van der Waals surface area contributed by atoms with Gasteiger partial charge in [0, 0.05) is 18.3 Å². The van der Waals surface area contributed by atoms with Gasteiger partial charge in [-0.25, -0.2) is 4.79 Å². The maximum Gasteiger partial charge on any atom is 0.329 e. The number of rotatable bonds is 9. The predicted octanol–water partition coefficient (Wildman–Crippen LogP) is 2.11. The molecule has 12 heteroatoms.